The van der Waals surface area contributed by atoms with E-state index in [1.807, 2.05) is 41.3 Å². The largest absolute Gasteiger partial charge is 0.325 e. The predicted molar refractivity (Wildman–Crippen MR) is 107 cm³/mol. The number of carbonyl (C=O) groups is 1. The van der Waals surface area contributed by atoms with Crippen LogP contribution >= 0.6 is 22.7 Å². The molecule has 0 saturated heterocycles. The molecule has 5 nitrogen and oxygen atoms in total. The Kier molecular flexibility index (Phi) is 4.10. The summed E-state index contributed by atoms with van der Waals surface area (Å²) in [6.45, 7) is 0.688. The number of hydrogen-bond acceptors (Lipinski definition) is 5. The molecule has 0 fully saturated rings. The fraction of sp³-hybridized carbons (Fsp3) is 0.150. The summed E-state index contributed by atoms with van der Waals surface area (Å²) in [5, 5.41) is 12.9. The quantitative estimate of drug-likeness (QED) is 0.526. The molecule has 1 aliphatic heterocycles. The van der Waals surface area contributed by atoms with Gasteiger partial charge in [0.1, 0.15) is 0 Å². The monoisotopic (exact) mass is 392 g/mol. The highest BCUT2D eigenvalue weighted by Gasteiger charge is 2.34. The van der Waals surface area contributed by atoms with Gasteiger partial charge in [-0.1, -0.05) is 24.3 Å². The Morgan fingerprint density at radius 3 is 2.74 bits per heavy atom. The van der Waals surface area contributed by atoms with Crippen molar-refractivity contribution >= 4 is 28.6 Å². The second-order valence-corrected chi connectivity index (χ2v) is 8.30. The molecule has 134 valence electrons. The van der Waals surface area contributed by atoms with Gasteiger partial charge < -0.3 is 4.90 Å². The molecule has 0 N–H and O–H groups in total. The fourth-order valence-electron chi connectivity index (χ4n) is 3.48. The maximum absolute atomic E-state index is 13.3. The number of fused-ring (bicyclic) bond motifs is 1. The highest BCUT2D eigenvalue weighted by Crippen LogP contribution is 2.39. The molecule has 5 rings (SSSR count). The van der Waals surface area contributed by atoms with Gasteiger partial charge in [0, 0.05) is 16.3 Å². The summed E-state index contributed by atoms with van der Waals surface area (Å²) in [4.78, 5) is 19.3. The number of aromatic nitrogens is 3. The number of amides is 1. The SMILES string of the molecule is O=C(c1cnn(-c2ccccc2)n1)N1CCc2sccc2C1c1cccs1. The minimum absolute atomic E-state index is 0.0469. The first-order valence-corrected chi connectivity index (χ1v) is 10.5. The number of rotatable bonds is 3. The van der Waals surface area contributed by atoms with Crippen molar-refractivity contribution in [3.63, 3.8) is 0 Å². The molecule has 1 unspecified atom stereocenters. The Balaban J connectivity index is 1.50. The van der Waals surface area contributed by atoms with Gasteiger partial charge in [0.25, 0.3) is 5.91 Å². The van der Waals surface area contributed by atoms with Gasteiger partial charge in [-0.25, -0.2) is 0 Å². The summed E-state index contributed by atoms with van der Waals surface area (Å²) < 4.78 is 0. The van der Waals surface area contributed by atoms with Gasteiger partial charge in [-0.05, 0) is 47.0 Å². The molecule has 27 heavy (non-hydrogen) atoms. The summed E-state index contributed by atoms with van der Waals surface area (Å²) in [5.41, 5.74) is 2.45. The molecule has 0 spiro atoms. The van der Waals surface area contributed by atoms with Crippen LogP contribution in [0.1, 0.15) is 31.8 Å². The van der Waals surface area contributed by atoms with E-state index in [1.54, 1.807) is 28.9 Å². The highest BCUT2D eigenvalue weighted by atomic mass is 32.1. The average molecular weight is 393 g/mol. The number of hydrogen-bond donors (Lipinski definition) is 0. The maximum Gasteiger partial charge on any atom is 0.276 e. The van der Waals surface area contributed by atoms with E-state index < -0.39 is 0 Å². The zero-order valence-corrected chi connectivity index (χ0v) is 16.0. The van der Waals surface area contributed by atoms with Crippen LogP contribution in [0.25, 0.3) is 5.69 Å². The van der Waals surface area contributed by atoms with Gasteiger partial charge in [0.2, 0.25) is 0 Å². The molecule has 1 aliphatic rings. The van der Waals surface area contributed by atoms with Crippen LogP contribution in [0.5, 0.6) is 0 Å². The molecule has 1 aromatic carbocycles. The number of nitrogens with zero attached hydrogens (tertiary/aromatic N) is 4. The zero-order valence-electron chi connectivity index (χ0n) is 14.4. The van der Waals surface area contributed by atoms with Gasteiger partial charge >= 0.3 is 0 Å². The molecule has 3 aromatic heterocycles. The van der Waals surface area contributed by atoms with Crippen molar-refractivity contribution in [1.29, 1.82) is 0 Å². The van der Waals surface area contributed by atoms with E-state index >= 15 is 0 Å². The molecule has 4 aromatic rings. The van der Waals surface area contributed by atoms with E-state index in [-0.39, 0.29) is 11.9 Å². The van der Waals surface area contributed by atoms with Crippen LogP contribution in [-0.4, -0.2) is 32.3 Å². The van der Waals surface area contributed by atoms with Crippen LogP contribution in [0, 0.1) is 0 Å². The van der Waals surface area contributed by atoms with Crippen molar-refractivity contribution in [3.05, 3.63) is 86.5 Å². The molecule has 0 aliphatic carbocycles. The average Bonchev–Trinajstić information content (AvgIpc) is 3.48. The summed E-state index contributed by atoms with van der Waals surface area (Å²) in [5.74, 6) is -0.0765. The molecular formula is C20H16N4OS2. The van der Waals surface area contributed by atoms with Crippen molar-refractivity contribution in [2.24, 2.45) is 0 Å². The highest BCUT2D eigenvalue weighted by molar-refractivity contribution is 7.10. The first-order chi connectivity index (χ1) is 13.3. The van der Waals surface area contributed by atoms with E-state index in [0.29, 0.717) is 12.2 Å². The van der Waals surface area contributed by atoms with E-state index in [9.17, 15) is 4.79 Å². The predicted octanol–water partition coefficient (Wildman–Crippen LogP) is 4.18. The van der Waals surface area contributed by atoms with Crippen LogP contribution in [0.15, 0.2) is 65.5 Å². The third kappa shape index (κ3) is 2.89. The summed E-state index contributed by atoms with van der Waals surface area (Å²) in [6, 6.07) is 15.9. The van der Waals surface area contributed by atoms with E-state index in [1.165, 1.54) is 20.1 Å². The molecule has 4 heterocycles. The molecule has 0 radical (unpaired) electrons. The van der Waals surface area contributed by atoms with Crippen molar-refractivity contribution in [1.82, 2.24) is 19.9 Å². The standard InChI is InChI=1S/C20H16N4OS2/c25-20(16-13-21-24(22-16)14-5-2-1-3-6-14)23-10-8-17-15(9-12-27-17)19(23)18-7-4-11-26-18/h1-7,9,11-13,19H,8,10H2. The molecule has 7 heteroatoms. The first-order valence-electron chi connectivity index (χ1n) is 8.69. The van der Waals surface area contributed by atoms with Gasteiger partial charge in [-0.3, -0.25) is 4.79 Å². The Morgan fingerprint density at radius 1 is 1.04 bits per heavy atom. The molecule has 1 atom stereocenters. The second kappa shape index (κ2) is 6.75. The van der Waals surface area contributed by atoms with E-state index in [4.69, 9.17) is 0 Å². The maximum atomic E-state index is 13.3. The lowest BCUT2D eigenvalue weighted by Gasteiger charge is -2.35. The lowest BCUT2D eigenvalue weighted by atomic mass is 9.98. The summed E-state index contributed by atoms with van der Waals surface area (Å²) >= 11 is 3.46. The van der Waals surface area contributed by atoms with Gasteiger partial charge in [-0.2, -0.15) is 9.90 Å². The molecule has 0 saturated carbocycles. The lowest BCUT2D eigenvalue weighted by Crippen LogP contribution is -2.40. The molecule has 0 bridgehead atoms. The van der Waals surface area contributed by atoms with Gasteiger partial charge in [-0.15, -0.1) is 27.8 Å². The third-order valence-corrected chi connectivity index (χ3v) is 6.66. The first kappa shape index (κ1) is 16.4. The third-order valence-electron chi connectivity index (χ3n) is 4.74. The fourth-order valence-corrected chi connectivity index (χ4v) is 5.24. The zero-order chi connectivity index (χ0) is 18.2. The van der Waals surface area contributed by atoms with Gasteiger partial charge in [0.15, 0.2) is 5.69 Å². The molecule has 1 amide bonds. The summed E-state index contributed by atoms with van der Waals surface area (Å²) in [6.07, 6.45) is 2.44. The smallest absolute Gasteiger partial charge is 0.276 e. The van der Waals surface area contributed by atoms with Crippen LogP contribution in [0.3, 0.4) is 0 Å². The minimum Gasteiger partial charge on any atom is -0.325 e. The molecular weight excluding hydrogens is 376 g/mol. The Morgan fingerprint density at radius 2 is 1.93 bits per heavy atom. The van der Waals surface area contributed by atoms with Crippen molar-refractivity contribution < 1.29 is 4.79 Å². The number of para-hydroxylation sites is 1. The Labute approximate surface area is 164 Å². The van der Waals surface area contributed by atoms with Crippen molar-refractivity contribution in [3.8, 4) is 5.69 Å². The van der Waals surface area contributed by atoms with E-state index in [0.717, 1.165) is 12.1 Å². The van der Waals surface area contributed by atoms with Crippen LogP contribution in [-0.2, 0) is 6.42 Å². The van der Waals surface area contributed by atoms with Gasteiger partial charge in [0.05, 0.1) is 17.9 Å². The topological polar surface area (TPSA) is 51.0 Å². The van der Waals surface area contributed by atoms with E-state index in [2.05, 4.69) is 33.1 Å². The van der Waals surface area contributed by atoms with Crippen molar-refractivity contribution in [2.75, 3.05) is 6.54 Å². The Hall–Kier alpha value is -2.77. The number of thiophene rings is 2. The summed E-state index contributed by atoms with van der Waals surface area (Å²) in [7, 11) is 0. The number of carbonyl (C=O) groups excluding carboxylic acids is 1. The van der Waals surface area contributed by atoms with Crippen LogP contribution < -0.4 is 0 Å². The minimum atomic E-state index is -0.0765. The lowest BCUT2D eigenvalue weighted by molar-refractivity contribution is 0.0692. The second-order valence-electron chi connectivity index (χ2n) is 6.32. The number of benzene rings is 1. The normalized spacial score (nSPS) is 16.3. The van der Waals surface area contributed by atoms with Crippen LogP contribution in [0.4, 0.5) is 0 Å². The van der Waals surface area contributed by atoms with Crippen molar-refractivity contribution in [2.45, 2.75) is 12.5 Å². The Bertz CT molecular complexity index is 1070. The van der Waals surface area contributed by atoms with Crippen LogP contribution in [0.2, 0.25) is 0 Å².